The molecule has 2 aliphatic heterocycles. The molecule has 2 amide bonds. The third-order valence-electron chi connectivity index (χ3n) is 4.73. The third kappa shape index (κ3) is 3.65. The van der Waals surface area contributed by atoms with E-state index in [1.807, 2.05) is 13.8 Å². The van der Waals surface area contributed by atoms with Crippen LogP contribution >= 0.6 is 0 Å². The van der Waals surface area contributed by atoms with Gasteiger partial charge in [-0.2, -0.15) is 0 Å². The first kappa shape index (κ1) is 17.4. The Morgan fingerprint density at radius 1 is 1.36 bits per heavy atom. The van der Waals surface area contributed by atoms with Crippen molar-refractivity contribution in [3.05, 3.63) is 18.2 Å². The molecule has 2 atom stereocenters. The molecule has 1 saturated heterocycles. The molecule has 0 radical (unpaired) electrons. The number of rotatable bonds is 3. The second kappa shape index (κ2) is 6.82. The fraction of sp³-hybridized carbons (Fsp3) is 0.556. The van der Waals surface area contributed by atoms with E-state index in [0.717, 1.165) is 12.8 Å². The number of urea groups is 1. The summed E-state index contributed by atoms with van der Waals surface area (Å²) in [6.07, 6.45) is 2.24. The summed E-state index contributed by atoms with van der Waals surface area (Å²) in [6, 6.07) is 5.10. The lowest BCUT2D eigenvalue weighted by atomic mass is 9.98. The number of carbonyl (C=O) groups is 2. The fourth-order valence-corrected chi connectivity index (χ4v) is 3.10. The normalized spacial score (nSPS) is 24.8. The van der Waals surface area contributed by atoms with Gasteiger partial charge >= 0.3 is 12.0 Å². The summed E-state index contributed by atoms with van der Waals surface area (Å²) in [6.45, 7) is 4.86. The number of benzene rings is 1. The van der Waals surface area contributed by atoms with Gasteiger partial charge in [0.2, 0.25) is 5.79 Å². The lowest BCUT2D eigenvalue weighted by Gasteiger charge is -2.31. The van der Waals surface area contributed by atoms with Crippen molar-refractivity contribution in [2.45, 2.75) is 38.9 Å². The molecule has 0 bridgehead atoms. The summed E-state index contributed by atoms with van der Waals surface area (Å²) in [5.74, 6) is 0.108. The minimum absolute atomic E-state index is 0.231. The van der Waals surface area contributed by atoms with Gasteiger partial charge in [-0.15, -0.1) is 0 Å². The van der Waals surface area contributed by atoms with Crippen LogP contribution in [0.3, 0.4) is 0 Å². The molecule has 25 heavy (non-hydrogen) atoms. The standard InChI is InChI=1S/C18H24N2O5/c1-4-18(2)24-14-8-7-13(10-15(14)25-18)19-17(22)20-9-5-6-12(11-20)16(21)23-3/h7-8,10,12H,4-6,9,11H2,1-3H3,(H,19,22). The number of esters is 1. The van der Waals surface area contributed by atoms with Crippen molar-refractivity contribution in [3.63, 3.8) is 0 Å². The van der Waals surface area contributed by atoms with Crippen LogP contribution in [0.4, 0.5) is 10.5 Å². The average molecular weight is 348 g/mol. The number of nitrogens with one attached hydrogen (secondary N) is 1. The van der Waals surface area contributed by atoms with Crippen molar-refractivity contribution >= 4 is 17.7 Å². The van der Waals surface area contributed by atoms with Crippen LogP contribution in [0, 0.1) is 5.92 Å². The van der Waals surface area contributed by atoms with Gasteiger partial charge in [-0.05, 0) is 25.0 Å². The number of hydrogen-bond donors (Lipinski definition) is 1. The van der Waals surface area contributed by atoms with Gasteiger partial charge in [0.25, 0.3) is 0 Å². The molecular formula is C18H24N2O5. The molecule has 0 aromatic heterocycles. The molecule has 1 aromatic rings. The molecule has 7 heteroatoms. The molecule has 2 aliphatic rings. The molecule has 0 aliphatic carbocycles. The summed E-state index contributed by atoms with van der Waals surface area (Å²) in [5, 5.41) is 2.86. The van der Waals surface area contributed by atoms with E-state index in [1.165, 1.54) is 7.11 Å². The second-order valence-electron chi connectivity index (χ2n) is 6.59. The van der Waals surface area contributed by atoms with E-state index in [0.29, 0.717) is 36.7 Å². The molecule has 1 aromatic carbocycles. The third-order valence-corrected chi connectivity index (χ3v) is 4.73. The number of carbonyl (C=O) groups excluding carboxylic acids is 2. The fourth-order valence-electron chi connectivity index (χ4n) is 3.10. The number of anilines is 1. The Hall–Kier alpha value is -2.44. The number of nitrogens with zero attached hydrogens (tertiary/aromatic N) is 1. The maximum absolute atomic E-state index is 12.5. The van der Waals surface area contributed by atoms with E-state index in [1.54, 1.807) is 23.1 Å². The van der Waals surface area contributed by atoms with Gasteiger partial charge in [-0.1, -0.05) is 6.92 Å². The highest BCUT2D eigenvalue weighted by Gasteiger charge is 2.35. The van der Waals surface area contributed by atoms with Crippen LogP contribution in [0.1, 0.15) is 33.1 Å². The first-order valence-corrected chi connectivity index (χ1v) is 8.60. The largest absolute Gasteiger partial charge is 0.469 e. The van der Waals surface area contributed by atoms with Crippen LogP contribution < -0.4 is 14.8 Å². The van der Waals surface area contributed by atoms with E-state index in [2.05, 4.69) is 5.32 Å². The molecule has 136 valence electrons. The maximum Gasteiger partial charge on any atom is 0.321 e. The van der Waals surface area contributed by atoms with E-state index < -0.39 is 5.79 Å². The minimum Gasteiger partial charge on any atom is -0.469 e. The van der Waals surface area contributed by atoms with Crippen LogP contribution in [0.2, 0.25) is 0 Å². The smallest absolute Gasteiger partial charge is 0.321 e. The van der Waals surface area contributed by atoms with Crippen molar-refractivity contribution in [2.75, 3.05) is 25.5 Å². The summed E-state index contributed by atoms with van der Waals surface area (Å²) < 4.78 is 16.4. The van der Waals surface area contributed by atoms with Gasteiger partial charge in [-0.3, -0.25) is 4.79 Å². The highest BCUT2D eigenvalue weighted by molar-refractivity contribution is 5.90. The SMILES string of the molecule is CCC1(C)Oc2ccc(NC(=O)N3CCCC(C(=O)OC)C3)cc2O1. The van der Waals surface area contributed by atoms with Gasteiger partial charge < -0.3 is 24.4 Å². The van der Waals surface area contributed by atoms with Crippen molar-refractivity contribution in [3.8, 4) is 11.5 Å². The first-order chi connectivity index (χ1) is 11.9. The van der Waals surface area contributed by atoms with Crippen molar-refractivity contribution in [2.24, 2.45) is 5.92 Å². The Bertz CT molecular complexity index is 677. The Labute approximate surface area is 147 Å². The second-order valence-corrected chi connectivity index (χ2v) is 6.59. The van der Waals surface area contributed by atoms with Crippen molar-refractivity contribution in [1.82, 2.24) is 4.90 Å². The first-order valence-electron chi connectivity index (χ1n) is 8.60. The Morgan fingerprint density at radius 3 is 2.84 bits per heavy atom. The Morgan fingerprint density at radius 2 is 2.12 bits per heavy atom. The molecule has 1 fully saturated rings. The van der Waals surface area contributed by atoms with Crippen molar-refractivity contribution in [1.29, 1.82) is 0 Å². The van der Waals surface area contributed by atoms with Gasteiger partial charge in [0.05, 0.1) is 13.0 Å². The molecule has 1 N–H and O–H groups in total. The quantitative estimate of drug-likeness (QED) is 0.850. The van der Waals surface area contributed by atoms with E-state index in [4.69, 9.17) is 14.2 Å². The summed E-state index contributed by atoms with van der Waals surface area (Å²) >= 11 is 0. The molecule has 0 spiro atoms. The lowest BCUT2D eigenvalue weighted by Crippen LogP contribution is -2.44. The number of likely N-dealkylation sites (tertiary alicyclic amines) is 1. The van der Waals surface area contributed by atoms with E-state index in [9.17, 15) is 9.59 Å². The van der Waals surface area contributed by atoms with Crippen molar-refractivity contribution < 1.29 is 23.8 Å². The Kier molecular flexibility index (Phi) is 4.74. The summed E-state index contributed by atoms with van der Waals surface area (Å²) in [5.41, 5.74) is 0.632. The summed E-state index contributed by atoms with van der Waals surface area (Å²) in [4.78, 5) is 25.8. The zero-order valence-corrected chi connectivity index (χ0v) is 14.8. The van der Waals surface area contributed by atoms with Crippen LogP contribution in [-0.2, 0) is 9.53 Å². The predicted molar refractivity (Wildman–Crippen MR) is 91.7 cm³/mol. The maximum atomic E-state index is 12.5. The monoisotopic (exact) mass is 348 g/mol. The zero-order valence-electron chi connectivity index (χ0n) is 14.8. The number of piperidine rings is 1. The predicted octanol–water partition coefficient (Wildman–Crippen LogP) is 3.00. The Balaban J connectivity index is 1.64. The highest BCUT2D eigenvalue weighted by atomic mass is 16.7. The number of fused-ring (bicyclic) bond motifs is 1. The van der Waals surface area contributed by atoms with Crippen LogP contribution in [0.5, 0.6) is 11.5 Å². The highest BCUT2D eigenvalue weighted by Crippen LogP contribution is 2.42. The van der Waals surface area contributed by atoms with Crippen LogP contribution in [-0.4, -0.2) is 42.9 Å². The molecular weight excluding hydrogens is 324 g/mol. The molecule has 3 rings (SSSR count). The molecule has 2 heterocycles. The lowest BCUT2D eigenvalue weighted by molar-refractivity contribution is -0.146. The van der Waals surface area contributed by atoms with E-state index >= 15 is 0 Å². The van der Waals surface area contributed by atoms with Gasteiger partial charge in [0.1, 0.15) is 0 Å². The number of hydrogen-bond acceptors (Lipinski definition) is 5. The van der Waals surface area contributed by atoms with Gasteiger partial charge in [0, 0.05) is 38.2 Å². The van der Waals surface area contributed by atoms with Crippen LogP contribution in [0.15, 0.2) is 18.2 Å². The topological polar surface area (TPSA) is 77.1 Å². The molecule has 2 unspecified atom stereocenters. The molecule has 7 nitrogen and oxygen atoms in total. The zero-order chi connectivity index (χ0) is 18.0. The van der Waals surface area contributed by atoms with Crippen LogP contribution in [0.25, 0.3) is 0 Å². The summed E-state index contributed by atoms with van der Waals surface area (Å²) in [7, 11) is 1.37. The number of ether oxygens (including phenoxy) is 3. The van der Waals surface area contributed by atoms with Gasteiger partial charge in [-0.25, -0.2) is 4.79 Å². The van der Waals surface area contributed by atoms with E-state index in [-0.39, 0.29) is 17.9 Å². The number of amides is 2. The number of methoxy groups -OCH3 is 1. The molecule has 0 saturated carbocycles. The minimum atomic E-state index is -0.661. The van der Waals surface area contributed by atoms with Gasteiger partial charge in [0.15, 0.2) is 11.5 Å². The average Bonchev–Trinajstić information content (AvgIpc) is 2.97.